The number of benzene rings is 2. The van der Waals surface area contributed by atoms with Crippen LogP contribution >= 0.6 is 0 Å². The summed E-state index contributed by atoms with van der Waals surface area (Å²) >= 11 is 0. The summed E-state index contributed by atoms with van der Waals surface area (Å²) in [7, 11) is -2.49. The first kappa shape index (κ1) is 17.2. The molecule has 6 heteroatoms. The molecule has 1 aliphatic carbocycles. The van der Waals surface area contributed by atoms with Crippen LogP contribution in [0.5, 0.6) is 0 Å². The molecule has 0 amide bonds. The Morgan fingerprint density at radius 3 is 2.64 bits per heavy atom. The van der Waals surface area contributed by atoms with Crippen LogP contribution in [0.25, 0.3) is 6.08 Å². The third-order valence-corrected chi connectivity index (χ3v) is 5.68. The lowest BCUT2D eigenvalue weighted by molar-refractivity contribution is 0.0602. The van der Waals surface area contributed by atoms with E-state index in [0.29, 0.717) is 17.7 Å². The summed E-state index contributed by atoms with van der Waals surface area (Å²) in [4.78, 5) is 12.2. The molecule has 0 spiro atoms. The van der Waals surface area contributed by atoms with Gasteiger partial charge in [-0.15, -0.1) is 0 Å². The molecule has 0 atom stereocenters. The Morgan fingerprint density at radius 2 is 1.88 bits per heavy atom. The fraction of sp³-hybridized carbons (Fsp3) is 0.211. The summed E-state index contributed by atoms with van der Waals surface area (Å²) in [5, 5.41) is 0. The highest BCUT2D eigenvalue weighted by atomic mass is 32.2. The number of allylic oxidation sites excluding steroid dienone is 1. The quantitative estimate of drug-likeness (QED) is 0.850. The zero-order valence-electron chi connectivity index (χ0n) is 14.1. The smallest absolute Gasteiger partial charge is 0.340 e. The van der Waals surface area contributed by atoms with Crippen molar-refractivity contribution in [1.82, 2.24) is 0 Å². The molecule has 0 aliphatic heterocycles. The number of carbonyl (C=O) groups is 1. The van der Waals surface area contributed by atoms with Crippen LogP contribution in [-0.2, 0) is 21.2 Å². The zero-order chi connectivity index (χ0) is 18.0. The zero-order valence-corrected chi connectivity index (χ0v) is 14.9. The van der Waals surface area contributed by atoms with Crippen LogP contribution in [0, 0.1) is 6.92 Å². The van der Waals surface area contributed by atoms with Gasteiger partial charge in [0.2, 0.25) is 0 Å². The second-order valence-electron chi connectivity index (χ2n) is 5.96. The second kappa shape index (κ2) is 6.72. The predicted octanol–water partition coefficient (Wildman–Crippen LogP) is 3.51. The number of anilines is 1. The van der Waals surface area contributed by atoms with Gasteiger partial charge >= 0.3 is 5.97 Å². The van der Waals surface area contributed by atoms with Crippen molar-refractivity contribution in [3.05, 3.63) is 69.6 Å². The molecule has 0 heterocycles. The van der Waals surface area contributed by atoms with Gasteiger partial charge in [0.05, 0.1) is 23.3 Å². The molecule has 0 saturated heterocycles. The minimum atomic E-state index is -3.75. The van der Waals surface area contributed by atoms with E-state index in [-0.39, 0.29) is 11.3 Å². The molecule has 0 bridgehead atoms. The van der Waals surface area contributed by atoms with Crippen LogP contribution in [0.3, 0.4) is 0 Å². The molecule has 1 N–H and O–H groups in total. The number of fused-ring (bicyclic) bond motifs is 1. The molecule has 5 nitrogen and oxygen atoms in total. The maximum atomic E-state index is 12.8. The molecular weight excluding hydrogens is 338 g/mol. The fourth-order valence-corrected chi connectivity index (χ4v) is 4.11. The van der Waals surface area contributed by atoms with Crippen LogP contribution in [-0.4, -0.2) is 21.5 Å². The highest BCUT2D eigenvalue weighted by Crippen LogP contribution is 2.29. The predicted molar refractivity (Wildman–Crippen MR) is 97.8 cm³/mol. The van der Waals surface area contributed by atoms with Crippen molar-refractivity contribution in [3.63, 3.8) is 0 Å². The van der Waals surface area contributed by atoms with Crippen molar-refractivity contribution in [2.24, 2.45) is 0 Å². The number of carbonyl (C=O) groups excluding carboxylic acids is 1. The molecule has 2 aromatic carbocycles. The van der Waals surface area contributed by atoms with Crippen LogP contribution in [0.15, 0.2) is 47.4 Å². The molecule has 25 heavy (non-hydrogen) atoms. The van der Waals surface area contributed by atoms with E-state index in [4.69, 9.17) is 4.74 Å². The maximum Gasteiger partial charge on any atom is 0.340 e. The van der Waals surface area contributed by atoms with Gasteiger partial charge in [0.15, 0.2) is 0 Å². The number of rotatable bonds is 4. The highest BCUT2D eigenvalue weighted by molar-refractivity contribution is 7.96. The third-order valence-electron chi connectivity index (χ3n) is 4.18. The summed E-state index contributed by atoms with van der Waals surface area (Å²) in [5.41, 5.74) is 3.30. The molecule has 3 rings (SSSR count). The topological polar surface area (TPSA) is 72.5 Å². The molecule has 2 aromatic rings. The average molecular weight is 357 g/mol. The van der Waals surface area contributed by atoms with E-state index in [1.54, 1.807) is 24.3 Å². The number of aryl methyl sites for hydroxylation is 2. The van der Waals surface area contributed by atoms with Crippen molar-refractivity contribution >= 4 is 27.8 Å². The lowest BCUT2D eigenvalue weighted by Gasteiger charge is -2.18. The maximum absolute atomic E-state index is 12.8. The van der Waals surface area contributed by atoms with E-state index in [0.717, 1.165) is 16.7 Å². The van der Waals surface area contributed by atoms with Crippen molar-refractivity contribution < 1.29 is 17.9 Å². The average Bonchev–Trinajstić information content (AvgIpc) is 2.62. The van der Waals surface area contributed by atoms with Gasteiger partial charge in [0.1, 0.15) is 0 Å². The first-order valence-corrected chi connectivity index (χ1v) is 9.39. The Balaban J connectivity index is 1.96. The van der Waals surface area contributed by atoms with Gasteiger partial charge in [-0.1, -0.05) is 35.9 Å². The van der Waals surface area contributed by atoms with E-state index in [1.807, 2.05) is 31.2 Å². The number of sulfonamides is 1. The summed E-state index contributed by atoms with van der Waals surface area (Å²) < 4.78 is 32.8. The normalized spacial score (nSPS) is 13.6. The second-order valence-corrected chi connectivity index (χ2v) is 7.69. The van der Waals surface area contributed by atoms with Crippen LogP contribution < -0.4 is 4.72 Å². The van der Waals surface area contributed by atoms with E-state index >= 15 is 0 Å². The molecular formula is C19H19NO4S. The fourth-order valence-electron chi connectivity index (χ4n) is 2.85. The van der Waals surface area contributed by atoms with E-state index in [9.17, 15) is 13.2 Å². The van der Waals surface area contributed by atoms with Crippen molar-refractivity contribution in [1.29, 1.82) is 0 Å². The monoisotopic (exact) mass is 357 g/mol. The molecule has 130 valence electrons. The molecule has 0 fully saturated rings. The van der Waals surface area contributed by atoms with Crippen molar-refractivity contribution in [2.45, 2.75) is 19.8 Å². The minimum absolute atomic E-state index is 0.197. The van der Waals surface area contributed by atoms with Gasteiger partial charge in [-0.05, 0) is 49.1 Å². The molecule has 0 unspecified atom stereocenters. The van der Waals surface area contributed by atoms with E-state index in [2.05, 4.69) is 4.72 Å². The van der Waals surface area contributed by atoms with Gasteiger partial charge in [0.25, 0.3) is 10.0 Å². The van der Waals surface area contributed by atoms with Gasteiger partial charge in [-0.2, -0.15) is 0 Å². The van der Waals surface area contributed by atoms with E-state index in [1.165, 1.54) is 7.11 Å². The van der Waals surface area contributed by atoms with Crippen molar-refractivity contribution in [2.75, 3.05) is 11.8 Å². The molecule has 0 aromatic heterocycles. The first-order chi connectivity index (χ1) is 11.9. The Hall–Kier alpha value is -2.60. The standard InChI is InChI=1S/C19H19NO4S/c1-13-7-10-18(17(11-13)19(21)24-2)20-25(22,23)16-9-8-14-5-3-4-6-15(14)12-16/h3-7,10-12,20H,8-9H2,1-2H3. The largest absolute Gasteiger partial charge is 0.465 e. The van der Waals surface area contributed by atoms with Crippen LogP contribution in [0.1, 0.15) is 33.5 Å². The van der Waals surface area contributed by atoms with Gasteiger partial charge in [-0.3, -0.25) is 4.72 Å². The van der Waals surface area contributed by atoms with E-state index < -0.39 is 16.0 Å². The highest BCUT2D eigenvalue weighted by Gasteiger charge is 2.24. The Bertz CT molecular complexity index is 961. The van der Waals surface area contributed by atoms with Crippen molar-refractivity contribution in [3.8, 4) is 0 Å². The lowest BCUT2D eigenvalue weighted by atomic mass is 9.98. The summed E-state index contributed by atoms with van der Waals surface area (Å²) in [6.45, 7) is 1.82. The molecule has 1 aliphatic rings. The third kappa shape index (κ3) is 3.58. The number of esters is 1. The number of ether oxygens (including phenoxy) is 1. The summed E-state index contributed by atoms with van der Waals surface area (Å²) in [6.07, 6.45) is 2.78. The van der Waals surface area contributed by atoms with Gasteiger partial charge < -0.3 is 4.74 Å². The molecule has 0 radical (unpaired) electrons. The minimum Gasteiger partial charge on any atom is -0.465 e. The number of hydrogen-bond donors (Lipinski definition) is 1. The first-order valence-electron chi connectivity index (χ1n) is 7.91. The Labute approximate surface area is 147 Å². The summed E-state index contributed by atoms with van der Waals surface area (Å²) in [6, 6.07) is 12.7. The number of methoxy groups -OCH3 is 1. The Morgan fingerprint density at radius 1 is 1.12 bits per heavy atom. The lowest BCUT2D eigenvalue weighted by Crippen LogP contribution is -2.19. The summed E-state index contributed by atoms with van der Waals surface area (Å²) in [5.74, 6) is -0.579. The SMILES string of the molecule is COC(=O)c1cc(C)ccc1NS(=O)(=O)C1=Cc2ccccc2CC1. The number of nitrogens with one attached hydrogen (secondary N) is 1. The van der Waals surface area contributed by atoms with Crippen LogP contribution in [0.4, 0.5) is 5.69 Å². The van der Waals surface area contributed by atoms with Gasteiger partial charge in [-0.25, -0.2) is 13.2 Å². The van der Waals surface area contributed by atoms with Gasteiger partial charge in [0, 0.05) is 0 Å². The number of hydrogen-bond acceptors (Lipinski definition) is 4. The Kier molecular flexibility index (Phi) is 4.63. The van der Waals surface area contributed by atoms with Crippen LogP contribution in [0.2, 0.25) is 0 Å². The molecule has 0 saturated carbocycles.